The Bertz CT molecular complexity index is 1200. The first-order valence-electron chi connectivity index (χ1n) is 10.4. The summed E-state index contributed by atoms with van der Waals surface area (Å²) in [5.74, 6) is 2.06. The number of nitrogens with zero attached hydrogens (tertiary/aromatic N) is 2. The molecule has 0 unspecified atom stereocenters. The molecule has 0 aliphatic rings. The van der Waals surface area contributed by atoms with E-state index in [1.807, 2.05) is 48.5 Å². The number of rotatable bonds is 8. The number of carbonyl (C=O) groups excluding carboxylic acids is 1. The van der Waals surface area contributed by atoms with Gasteiger partial charge in [-0.1, -0.05) is 49.7 Å². The second kappa shape index (κ2) is 9.75. The molecule has 4 rings (SSSR count). The predicted molar refractivity (Wildman–Crippen MR) is 124 cm³/mol. The van der Waals surface area contributed by atoms with Crippen LogP contribution in [0.2, 0.25) is 5.02 Å². The summed E-state index contributed by atoms with van der Waals surface area (Å²) >= 11 is 6.02. The molecule has 0 fully saturated rings. The smallest absolute Gasteiger partial charge is 0.292 e. The summed E-state index contributed by atoms with van der Waals surface area (Å²) in [7, 11) is 0. The van der Waals surface area contributed by atoms with Gasteiger partial charge in [-0.15, -0.1) is 0 Å². The fourth-order valence-corrected chi connectivity index (χ4v) is 3.41. The van der Waals surface area contributed by atoms with Crippen LogP contribution in [0.25, 0.3) is 0 Å². The number of ether oxygens (including phenoxy) is 1. The van der Waals surface area contributed by atoms with E-state index in [2.05, 4.69) is 24.3 Å². The molecular weight excluding hydrogens is 426 g/mol. The molecule has 0 bridgehead atoms. The van der Waals surface area contributed by atoms with Gasteiger partial charge in [-0.05, 0) is 53.4 Å². The van der Waals surface area contributed by atoms with E-state index in [0.29, 0.717) is 29.1 Å². The molecule has 0 aliphatic carbocycles. The Kier molecular flexibility index (Phi) is 6.61. The number of aromatic nitrogens is 2. The lowest BCUT2D eigenvalue weighted by Gasteiger charge is -2.08. The van der Waals surface area contributed by atoms with Crippen molar-refractivity contribution in [3.8, 4) is 5.75 Å². The van der Waals surface area contributed by atoms with Crippen molar-refractivity contribution in [2.24, 2.45) is 0 Å². The molecule has 2 heterocycles. The molecule has 7 heteroatoms. The Labute approximate surface area is 191 Å². The van der Waals surface area contributed by atoms with Gasteiger partial charge < -0.3 is 14.5 Å². The summed E-state index contributed by atoms with van der Waals surface area (Å²) in [6, 6.07) is 20.6. The second-order valence-electron chi connectivity index (χ2n) is 7.76. The SMILES string of the molecule is CC(C)c1ccc(OCc2ccc(C(=O)Nc3ccn(Cc4cccc(Cl)c4)n3)o2)cc1. The molecule has 164 valence electrons. The molecule has 0 spiro atoms. The average molecular weight is 450 g/mol. The molecule has 0 aliphatic heterocycles. The zero-order chi connectivity index (χ0) is 22.5. The van der Waals surface area contributed by atoms with Gasteiger partial charge in [0.2, 0.25) is 0 Å². The summed E-state index contributed by atoms with van der Waals surface area (Å²) in [4.78, 5) is 12.5. The topological polar surface area (TPSA) is 69.3 Å². The molecule has 0 saturated carbocycles. The van der Waals surface area contributed by atoms with Crippen molar-refractivity contribution in [3.05, 3.63) is 101 Å². The number of hydrogen-bond donors (Lipinski definition) is 1. The van der Waals surface area contributed by atoms with Crippen molar-refractivity contribution >= 4 is 23.3 Å². The fourth-order valence-electron chi connectivity index (χ4n) is 3.20. The van der Waals surface area contributed by atoms with Crippen LogP contribution in [-0.2, 0) is 13.2 Å². The van der Waals surface area contributed by atoms with Gasteiger partial charge in [0.1, 0.15) is 18.1 Å². The fraction of sp³-hybridized carbons (Fsp3) is 0.200. The third kappa shape index (κ3) is 5.59. The van der Waals surface area contributed by atoms with E-state index in [1.165, 1.54) is 5.56 Å². The van der Waals surface area contributed by atoms with Crippen LogP contribution < -0.4 is 10.1 Å². The maximum Gasteiger partial charge on any atom is 0.292 e. The van der Waals surface area contributed by atoms with Crippen LogP contribution in [0.5, 0.6) is 5.75 Å². The van der Waals surface area contributed by atoms with Crippen molar-refractivity contribution in [1.29, 1.82) is 0 Å². The Morgan fingerprint density at radius 2 is 1.94 bits per heavy atom. The number of hydrogen-bond acceptors (Lipinski definition) is 4. The maximum absolute atomic E-state index is 12.5. The quantitative estimate of drug-likeness (QED) is 0.351. The van der Waals surface area contributed by atoms with Gasteiger partial charge in [0.25, 0.3) is 5.91 Å². The Morgan fingerprint density at radius 3 is 2.69 bits per heavy atom. The van der Waals surface area contributed by atoms with E-state index >= 15 is 0 Å². The van der Waals surface area contributed by atoms with E-state index in [-0.39, 0.29) is 18.3 Å². The number of anilines is 1. The van der Waals surface area contributed by atoms with Crippen LogP contribution in [0.1, 0.15) is 47.2 Å². The van der Waals surface area contributed by atoms with Crippen molar-refractivity contribution in [2.45, 2.75) is 32.9 Å². The van der Waals surface area contributed by atoms with Crippen LogP contribution in [0, 0.1) is 0 Å². The normalized spacial score (nSPS) is 11.0. The highest BCUT2D eigenvalue weighted by atomic mass is 35.5. The number of halogens is 1. The van der Waals surface area contributed by atoms with Gasteiger partial charge in [-0.3, -0.25) is 9.48 Å². The van der Waals surface area contributed by atoms with Crippen molar-refractivity contribution in [1.82, 2.24) is 9.78 Å². The molecule has 0 atom stereocenters. The van der Waals surface area contributed by atoms with Gasteiger partial charge in [0, 0.05) is 17.3 Å². The van der Waals surface area contributed by atoms with E-state index in [4.69, 9.17) is 20.8 Å². The summed E-state index contributed by atoms with van der Waals surface area (Å²) in [5, 5.41) is 7.80. The van der Waals surface area contributed by atoms with Crippen molar-refractivity contribution in [2.75, 3.05) is 5.32 Å². The summed E-state index contributed by atoms with van der Waals surface area (Å²) in [6.45, 7) is 5.09. The molecule has 2 aromatic heterocycles. The first-order chi connectivity index (χ1) is 15.5. The van der Waals surface area contributed by atoms with Crippen molar-refractivity contribution < 1.29 is 13.9 Å². The first-order valence-corrected chi connectivity index (χ1v) is 10.7. The molecule has 4 aromatic rings. The monoisotopic (exact) mass is 449 g/mol. The number of amides is 1. The molecule has 32 heavy (non-hydrogen) atoms. The van der Waals surface area contributed by atoms with E-state index < -0.39 is 0 Å². The lowest BCUT2D eigenvalue weighted by molar-refractivity contribution is 0.0992. The highest BCUT2D eigenvalue weighted by Crippen LogP contribution is 2.20. The number of nitrogens with one attached hydrogen (secondary N) is 1. The highest BCUT2D eigenvalue weighted by molar-refractivity contribution is 6.30. The first kappa shape index (κ1) is 21.7. The molecule has 1 amide bonds. The van der Waals surface area contributed by atoms with Crippen LogP contribution in [-0.4, -0.2) is 15.7 Å². The molecule has 0 radical (unpaired) electrons. The molecule has 6 nitrogen and oxygen atoms in total. The van der Waals surface area contributed by atoms with Gasteiger partial charge in [0.15, 0.2) is 11.6 Å². The third-order valence-electron chi connectivity index (χ3n) is 4.93. The Morgan fingerprint density at radius 1 is 1.12 bits per heavy atom. The Balaban J connectivity index is 1.31. The molecule has 1 N–H and O–H groups in total. The Hall–Kier alpha value is -3.51. The maximum atomic E-state index is 12.5. The zero-order valence-corrected chi connectivity index (χ0v) is 18.7. The second-order valence-corrected chi connectivity index (χ2v) is 8.20. The average Bonchev–Trinajstić information content (AvgIpc) is 3.42. The number of carbonyl (C=O) groups is 1. The van der Waals surface area contributed by atoms with Crippen molar-refractivity contribution in [3.63, 3.8) is 0 Å². The predicted octanol–water partition coefficient (Wildman–Crippen LogP) is 6.13. The van der Waals surface area contributed by atoms with Crippen LogP contribution in [0.4, 0.5) is 5.82 Å². The van der Waals surface area contributed by atoms with Gasteiger partial charge in [-0.2, -0.15) is 5.10 Å². The van der Waals surface area contributed by atoms with E-state index in [9.17, 15) is 4.79 Å². The minimum absolute atomic E-state index is 0.197. The van der Waals surface area contributed by atoms with Crippen LogP contribution >= 0.6 is 11.6 Å². The largest absolute Gasteiger partial charge is 0.486 e. The lowest BCUT2D eigenvalue weighted by atomic mass is 10.0. The molecule has 2 aromatic carbocycles. The summed E-state index contributed by atoms with van der Waals surface area (Å²) in [6.07, 6.45) is 1.79. The highest BCUT2D eigenvalue weighted by Gasteiger charge is 2.13. The summed E-state index contributed by atoms with van der Waals surface area (Å²) in [5.41, 5.74) is 2.28. The minimum atomic E-state index is -0.370. The van der Waals surface area contributed by atoms with Crippen LogP contribution in [0.15, 0.2) is 77.3 Å². The summed E-state index contributed by atoms with van der Waals surface area (Å²) < 4.78 is 13.1. The minimum Gasteiger partial charge on any atom is -0.486 e. The van der Waals surface area contributed by atoms with E-state index in [0.717, 1.165) is 11.3 Å². The number of benzene rings is 2. The van der Waals surface area contributed by atoms with Crippen LogP contribution in [0.3, 0.4) is 0 Å². The van der Waals surface area contributed by atoms with Gasteiger partial charge >= 0.3 is 0 Å². The third-order valence-corrected chi connectivity index (χ3v) is 5.16. The van der Waals surface area contributed by atoms with E-state index in [1.54, 1.807) is 29.1 Å². The lowest BCUT2D eigenvalue weighted by Crippen LogP contribution is -2.12. The van der Waals surface area contributed by atoms with Gasteiger partial charge in [0.05, 0.1) is 6.54 Å². The standard InChI is InChI=1S/C25H24ClN3O3/c1-17(2)19-6-8-21(9-7-19)31-16-22-10-11-23(32-22)25(30)27-24-12-13-29(28-24)15-18-4-3-5-20(26)14-18/h3-14,17H,15-16H2,1-2H3,(H,27,28,30). The van der Waals surface area contributed by atoms with Gasteiger partial charge in [-0.25, -0.2) is 0 Å². The zero-order valence-electron chi connectivity index (χ0n) is 17.9. The number of furan rings is 1. The molecule has 0 saturated heterocycles. The molecular formula is C25H24ClN3O3.